The van der Waals surface area contributed by atoms with Gasteiger partial charge in [-0.2, -0.15) is 0 Å². The van der Waals surface area contributed by atoms with Crippen LogP contribution in [0.3, 0.4) is 0 Å². The maximum absolute atomic E-state index is 5.84. The van der Waals surface area contributed by atoms with Crippen LogP contribution < -0.4 is 0 Å². The summed E-state index contributed by atoms with van der Waals surface area (Å²) in [6.07, 6.45) is 4.92. The van der Waals surface area contributed by atoms with Crippen LogP contribution in [0.5, 0.6) is 0 Å². The largest absolute Gasteiger partial charge is 0.375 e. The third kappa shape index (κ3) is 1.44. The van der Waals surface area contributed by atoms with Crippen molar-refractivity contribution in [3.8, 4) is 0 Å². The SMILES string of the molecule is CCC1CCOC1(CC)CC. The highest BCUT2D eigenvalue weighted by Gasteiger charge is 2.39. The lowest BCUT2D eigenvalue weighted by molar-refractivity contribution is -0.0287. The first-order valence-corrected chi connectivity index (χ1v) is 4.93. The monoisotopic (exact) mass is 156 g/mol. The highest BCUT2D eigenvalue weighted by molar-refractivity contribution is 4.89. The highest BCUT2D eigenvalue weighted by atomic mass is 16.5. The van der Waals surface area contributed by atoms with E-state index in [9.17, 15) is 0 Å². The summed E-state index contributed by atoms with van der Waals surface area (Å²) < 4.78 is 5.84. The molecule has 66 valence electrons. The standard InChI is InChI=1S/C10H20O/c1-4-9-7-8-11-10(9,5-2)6-3/h9H,4-8H2,1-3H3. The summed E-state index contributed by atoms with van der Waals surface area (Å²) in [6.45, 7) is 7.76. The van der Waals surface area contributed by atoms with E-state index in [4.69, 9.17) is 4.74 Å². The zero-order valence-electron chi connectivity index (χ0n) is 8.02. The molecule has 0 aromatic carbocycles. The zero-order chi connectivity index (χ0) is 8.32. The van der Waals surface area contributed by atoms with E-state index in [-0.39, 0.29) is 5.60 Å². The van der Waals surface area contributed by atoms with Crippen molar-refractivity contribution in [2.24, 2.45) is 5.92 Å². The van der Waals surface area contributed by atoms with Gasteiger partial charge < -0.3 is 4.74 Å². The van der Waals surface area contributed by atoms with Crippen LogP contribution in [0, 0.1) is 5.92 Å². The zero-order valence-corrected chi connectivity index (χ0v) is 8.02. The van der Waals surface area contributed by atoms with Gasteiger partial charge in [-0.15, -0.1) is 0 Å². The third-order valence-corrected chi connectivity index (χ3v) is 3.29. The van der Waals surface area contributed by atoms with Gasteiger partial charge in [-0.3, -0.25) is 0 Å². The van der Waals surface area contributed by atoms with E-state index in [0.717, 1.165) is 12.5 Å². The number of rotatable bonds is 3. The molecule has 0 N–H and O–H groups in total. The number of ether oxygens (including phenoxy) is 1. The van der Waals surface area contributed by atoms with Crippen LogP contribution in [0.15, 0.2) is 0 Å². The van der Waals surface area contributed by atoms with Crippen molar-refractivity contribution in [1.82, 2.24) is 0 Å². The number of hydrogen-bond donors (Lipinski definition) is 0. The lowest BCUT2D eigenvalue weighted by atomic mass is 9.81. The predicted octanol–water partition coefficient (Wildman–Crippen LogP) is 2.99. The Labute approximate surface area is 70.1 Å². The lowest BCUT2D eigenvalue weighted by Gasteiger charge is -2.31. The molecule has 0 aromatic rings. The molecule has 1 nitrogen and oxygen atoms in total. The van der Waals surface area contributed by atoms with Gasteiger partial charge in [0.1, 0.15) is 0 Å². The van der Waals surface area contributed by atoms with Gasteiger partial charge in [0.15, 0.2) is 0 Å². The molecular weight excluding hydrogens is 136 g/mol. The first-order chi connectivity index (χ1) is 5.29. The van der Waals surface area contributed by atoms with E-state index >= 15 is 0 Å². The third-order valence-electron chi connectivity index (χ3n) is 3.29. The fourth-order valence-electron chi connectivity index (χ4n) is 2.39. The average molecular weight is 156 g/mol. The molecule has 0 amide bonds. The molecule has 1 heterocycles. The Morgan fingerprint density at radius 1 is 1.27 bits per heavy atom. The number of hydrogen-bond acceptors (Lipinski definition) is 1. The summed E-state index contributed by atoms with van der Waals surface area (Å²) in [5, 5.41) is 0. The van der Waals surface area contributed by atoms with E-state index in [1.807, 2.05) is 0 Å². The van der Waals surface area contributed by atoms with Gasteiger partial charge in [0.2, 0.25) is 0 Å². The van der Waals surface area contributed by atoms with Crippen LogP contribution in [0.1, 0.15) is 46.5 Å². The van der Waals surface area contributed by atoms with Crippen molar-refractivity contribution in [2.45, 2.75) is 52.1 Å². The molecule has 1 aliphatic rings. The second-order valence-corrected chi connectivity index (χ2v) is 3.51. The van der Waals surface area contributed by atoms with Crippen LogP contribution in [0.25, 0.3) is 0 Å². The summed E-state index contributed by atoms with van der Waals surface area (Å²) in [7, 11) is 0. The summed E-state index contributed by atoms with van der Waals surface area (Å²) in [5.41, 5.74) is 0.245. The first kappa shape index (κ1) is 9.05. The Morgan fingerprint density at radius 3 is 2.27 bits per heavy atom. The maximum atomic E-state index is 5.84. The molecule has 1 atom stereocenters. The fraction of sp³-hybridized carbons (Fsp3) is 1.00. The van der Waals surface area contributed by atoms with Gasteiger partial charge in [-0.1, -0.05) is 27.2 Å². The molecule has 1 aliphatic heterocycles. The van der Waals surface area contributed by atoms with Crippen LogP contribution in [0.2, 0.25) is 0 Å². The van der Waals surface area contributed by atoms with Gasteiger partial charge in [-0.25, -0.2) is 0 Å². The van der Waals surface area contributed by atoms with E-state index in [1.54, 1.807) is 0 Å². The normalized spacial score (nSPS) is 29.2. The minimum atomic E-state index is 0.245. The highest BCUT2D eigenvalue weighted by Crippen LogP contribution is 2.39. The summed E-state index contributed by atoms with van der Waals surface area (Å²) >= 11 is 0. The van der Waals surface area contributed by atoms with Crippen molar-refractivity contribution in [3.05, 3.63) is 0 Å². The molecule has 0 bridgehead atoms. The van der Waals surface area contributed by atoms with Crippen molar-refractivity contribution in [2.75, 3.05) is 6.61 Å². The smallest absolute Gasteiger partial charge is 0.0706 e. The van der Waals surface area contributed by atoms with Crippen molar-refractivity contribution < 1.29 is 4.74 Å². The van der Waals surface area contributed by atoms with Crippen molar-refractivity contribution in [3.63, 3.8) is 0 Å². The molecule has 0 aromatic heterocycles. The Kier molecular flexibility index (Phi) is 2.94. The Bertz CT molecular complexity index is 116. The second kappa shape index (κ2) is 3.57. The van der Waals surface area contributed by atoms with Crippen LogP contribution in [0.4, 0.5) is 0 Å². The molecular formula is C10H20O. The lowest BCUT2D eigenvalue weighted by Crippen LogP contribution is -2.33. The van der Waals surface area contributed by atoms with Crippen LogP contribution in [-0.2, 0) is 4.74 Å². The van der Waals surface area contributed by atoms with E-state index < -0.39 is 0 Å². The van der Waals surface area contributed by atoms with Gasteiger partial charge in [0.25, 0.3) is 0 Å². The molecule has 1 saturated heterocycles. The second-order valence-electron chi connectivity index (χ2n) is 3.51. The van der Waals surface area contributed by atoms with Gasteiger partial charge in [-0.05, 0) is 25.2 Å². The topological polar surface area (TPSA) is 9.23 Å². The van der Waals surface area contributed by atoms with Crippen molar-refractivity contribution in [1.29, 1.82) is 0 Å². The summed E-state index contributed by atoms with van der Waals surface area (Å²) in [4.78, 5) is 0. The van der Waals surface area contributed by atoms with E-state index in [0.29, 0.717) is 0 Å². The van der Waals surface area contributed by atoms with Gasteiger partial charge in [0, 0.05) is 6.61 Å². The molecule has 0 aliphatic carbocycles. The minimum Gasteiger partial charge on any atom is -0.375 e. The molecule has 1 unspecified atom stereocenters. The van der Waals surface area contributed by atoms with Gasteiger partial charge >= 0.3 is 0 Å². The van der Waals surface area contributed by atoms with E-state index in [1.165, 1.54) is 25.7 Å². The Morgan fingerprint density at radius 2 is 1.91 bits per heavy atom. The van der Waals surface area contributed by atoms with Crippen LogP contribution >= 0.6 is 0 Å². The predicted molar refractivity (Wildman–Crippen MR) is 47.7 cm³/mol. The molecule has 1 heteroatoms. The molecule has 1 rings (SSSR count). The molecule has 1 fully saturated rings. The average Bonchev–Trinajstić information content (AvgIpc) is 2.47. The van der Waals surface area contributed by atoms with Gasteiger partial charge in [0.05, 0.1) is 5.60 Å². The summed E-state index contributed by atoms with van der Waals surface area (Å²) in [5.74, 6) is 0.817. The summed E-state index contributed by atoms with van der Waals surface area (Å²) in [6, 6.07) is 0. The van der Waals surface area contributed by atoms with E-state index in [2.05, 4.69) is 20.8 Å². The molecule has 0 saturated carbocycles. The van der Waals surface area contributed by atoms with Crippen LogP contribution in [-0.4, -0.2) is 12.2 Å². The Hall–Kier alpha value is -0.0400. The van der Waals surface area contributed by atoms with Crippen molar-refractivity contribution >= 4 is 0 Å². The fourth-order valence-corrected chi connectivity index (χ4v) is 2.39. The minimum absolute atomic E-state index is 0.245. The molecule has 0 radical (unpaired) electrons. The molecule has 0 spiro atoms. The maximum Gasteiger partial charge on any atom is 0.0706 e. The Balaban J connectivity index is 2.63. The molecule has 11 heavy (non-hydrogen) atoms. The quantitative estimate of drug-likeness (QED) is 0.610. The first-order valence-electron chi connectivity index (χ1n) is 4.93.